The lowest BCUT2D eigenvalue weighted by molar-refractivity contribution is 0.0952. The van der Waals surface area contributed by atoms with Crippen molar-refractivity contribution in [2.24, 2.45) is 5.10 Å². The zero-order valence-electron chi connectivity index (χ0n) is 12.9. The highest BCUT2D eigenvalue weighted by atomic mass is 35.5. The Balaban J connectivity index is 1.81. The van der Waals surface area contributed by atoms with Crippen molar-refractivity contribution in [2.45, 2.75) is 6.42 Å². The number of anilines is 1. The molecule has 3 N–H and O–H groups in total. The third-order valence-corrected chi connectivity index (χ3v) is 4.42. The molecule has 6 nitrogen and oxygen atoms in total. The number of carbonyl (C=O) groups is 1. The molecule has 0 atom stereocenters. The molecular weight excluding hydrogens is 361 g/mol. The molecular formula is C17H13Cl2N5O. The van der Waals surface area contributed by atoms with Crippen molar-refractivity contribution in [3.63, 3.8) is 0 Å². The Morgan fingerprint density at radius 2 is 2.00 bits per heavy atom. The number of fused-ring (bicyclic) bond motifs is 3. The van der Waals surface area contributed by atoms with E-state index in [1.165, 1.54) is 0 Å². The third-order valence-electron chi connectivity index (χ3n) is 3.96. The summed E-state index contributed by atoms with van der Waals surface area (Å²) in [5.41, 5.74) is 5.76. The minimum atomic E-state index is -0.155. The standard InChI is InChI=1S/C17H13Cl2N5O/c18-9-1-3-12-11(7-9)15-13(5-6-20-17(25)16(15)22-12)23-24-14-4-2-10(19)8-21-14/h1-4,7-8,22H,5-6H2,(H,20,25)(H,21,24)/b23-13-. The number of pyridine rings is 1. The number of amides is 1. The molecule has 8 heteroatoms. The van der Waals surface area contributed by atoms with Crippen molar-refractivity contribution in [1.29, 1.82) is 0 Å². The number of halogens is 2. The number of aromatic amines is 1. The lowest BCUT2D eigenvalue weighted by Crippen LogP contribution is -2.23. The zero-order valence-corrected chi connectivity index (χ0v) is 14.4. The van der Waals surface area contributed by atoms with E-state index in [9.17, 15) is 4.79 Å². The molecule has 126 valence electrons. The molecule has 2 aromatic heterocycles. The number of benzene rings is 1. The second kappa shape index (κ2) is 6.38. The summed E-state index contributed by atoms with van der Waals surface area (Å²) < 4.78 is 0. The van der Waals surface area contributed by atoms with Gasteiger partial charge in [0.2, 0.25) is 0 Å². The fraction of sp³-hybridized carbons (Fsp3) is 0.118. The minimum absolute atomic E-state index is 0.155. The first kappa shape index (κ1) is 15.9. The van der Waals surface area contributed by atoms with E-state index >= 15 is 0 Å². The second-order valence-corrected chi connectivity index (χ2v) is 6.48. The number of hydrogen-bond donors (Lipinski definition) is 3. The molecule has 0 radical (unpaired) electrons. The zero-order chi connectivity index (χ0) is 17.4. The van der Waals surface area contributed by atoms with E-state index in [4.69, 9.17) is 23.2 Å². The highest BCUT2D eigenvalue weighted by Gasteiger charge is 2.25. The normalized spacial score (nSPS) is 15.8. The molecule has 0 unspecified atom stereocenters. The van der Waals surface area contributed by atoms with Crippen LogP contribution in [0, 0.1) is 0 Å². The van der Waals surface area contributed by atoms with E-state index in [-0.39, 0.29) is 5.91 Å². The number of H-pyrrole nitrogens is 1. The van der Waals surface area contributed by atoms with Gasteiger partial charge in [0.15, 0.2) is 0 Å². The molecule has 0 fully saturated rings. The summed E-state index contributed by atoms with van der Waals surface area (Å²) in [7, 11) is 0. The van der Waals surface area contributed by atoms with Crippen LogP contribution in [0.4, 0.5) is 5.82 Å². The summed E-state index contributed by atoms with van der Waals surface area (Å²) >= 11 is 12.0. The molecule has 1 aromatic carbocycles. The number of hydrogen-bond acceptors (Lipinski definition) is 4. The molecule has 3 heterocycles. The number of carbonyl (C=O) groups excluding carboxylic acids is 1. The quantitative estimate of drug-likeness (QED) is 0.597. The number of hydrazone groups is 1. The molecule has 25 heavy (non-hydrogen) atoms. The van der Waals surface area contributed by atoms with Crippen LogP contribution >= 0.6 is 23.2 Å². The maximum Gasteiger partial charge on any atom is 0.268 e. The Bertz CT molecular complexity index is 994. The van der Waals surface area contributed by atoms with E-state index in [0.29, 0.717) is 34.5 Å². The largest absolute Gasteiger partial charge is 0.350 e. The van der Waals surface area contributed by atoms with Gasteiger partial charge in [0.25, 0.3) is 5.91 Å². The van der Waals surface area contributed by atoms with Gasteiger partial charge in [0.1, 0.15) is 11.5 Å². The Morgan fingerprint density at radius 1 is 1.16 bits per heavy atom. The Morgan fingerprint density at radius 3 is 2.80 bits per heavy atom. The predicted octanol–water partition coefficient (Wildman–Crippen LogP) is 3.82. The third kappa shape index (κ3) is 3.06. The van der Waals surface area contributed by atoms with Gasteiger partial charge < -0.3 is 10.3 Å². The lowest BCUT2D eigenvalue weighted by atomic mass is 10.0. The van der Waals surface area contributed by atoms with Crippen LogP contribution in [0.2, 0.25) is 10.0 Å². The average Bonchev–Trinajstić information content (AvgIpc) is 2.90. The van der Waals surface area contributed by atoms with Crippen molar-refractivity contribution in [2.75, 3.05) is 12.0 Å². The van der Waals surface area contributed by atoms with Gasteiger partial charge in [-0.3, -0.25) is 10.2 Å². The van der Waals surface area contributed by atoms with Gasteiger partial charge in [-0.25, -0.2) is 4.98 Å². The second-order valence-electron chi connectivity index (χ2n) is 5.60. The fourth-order valence-electron chi connectivity index (χ4n) is 2.82. The Kier molecular flexibility index (Phi) is 4.07. The summed E-state index contributed by atoms with van der Waals surface area (Å²) in [6.45, 7) is 0.498. The van der Waals surface area contributed by atoms with Gasteiger partial charge in [-0.15, -0.1) is 0 Å². The van der Waals surface area contributed by atoms with Crippen LogP contribution in [0.5, 0.6) is 0 Å². The number of rotatable bonds is 2. The van der Waals surface area contributed by atoms with Gasteiger partial charge in [0, 0.05) is 40.7 Å². The molecule has 1 aliphatic rings. The van der Waals surface area contributed by atoms with E-state index in [1.807, 2.05) is 12.1 Å². The van der Waals surface area contributed by atoms with Gasteiger partial charge in [-0.05, 0) is 30.3 Å². The van der Waals surface area contributed by atoms with Crippen LogP contribution in [0.15, 0.2) is 41.6 Å². The first-order chi connectivity index (χ1) is 12.1. The first-order valence-electron chi connectivity index (χ1n) is 7.66. The van der Waals surface area contributed by atoms with Crippen LogP contribution < -0.4 is 10.7 Å². The molecule has 0 spiro atoms. The van der Waals surface area contributed by atoms with Gasteiger partial charge >= 0.3 is 0 Å². The summed E-state index contributed by atoms with van der Waals surface area (Å²) in [6.07, 6.45) is 2.12. The van der Waals surface area contributed by atoms with Crippen molar-refractivity contribution in [3.8, 4) is 0 Å². The van der Waals surface area contributed by atoms with Crippen LogP contribution in [-0.4, -0.2) is 28.1 Å². The van der Waals surface area contributed by atoms with Gasteiger partial charge in [-0.1, -0.05) is 23.2 Å². The summed E-state index contributed by atoms with van der Waals surface area (Å²) in [5.74, 6) is 0.414. The van der Waals surface area contributed by atoms with Crippen LogP contribution in [0.3, 0.4) is 0 Å². The molecule has 1 amide bonds. The summed E-state index contributed by atoms with van der Waals surface area (Å²) in [6, 6.07) is 8.93. The average molecular weight is 374 g/mol. The predicted molar refractivity (Wildman–Crippen MR) is 99.7 cm³/mol. The monoisotopic (exact) mass is 373 g/mol. The van der Waals surface area contributed by atoms with Crippen molar-refractivity contribution in [3.05, 3.63) is 57.8 Å². The number of nitrogens with one attached hydrogen (secondary N) is 3. The lowest BCUT2D eigenvalue weighted by Gasteiger charge is -2.05. The molecule has 0 aliphatic carbocycles. The molecule has 0 saturated heterocycles. The molecule has 3 aromatic rings. The SMILES string of the molecule is O=C1NCC/C(=N/Nc2ccc(Cl)cn2)c2c1[nH]c1ccc(Cl)cc21. The van der Waals surface area contributed by atoms with Gasteiger partial charge in [0.05, 0.1) is 10.7 Å². The molecule has 0 bridgehead atoms. The summed E-state index contributed by atoms with van der Waals surface area (Å²) in [5, 5.41) is 9.36. The number of nitrogens with zero attached hydrogens (tertiary/aromatic N) is 2. The Labute approximate surface area is 153 Å². The van der Waals surface area contributed by atoms with E-state index in [1.54, 1.807) is 24.4 Å². The smallest absolute Gasteiger partial charge is 0.268 e. The van der Waals surface area contributed by atoms with E-state index in [0.717, 1.165) is 22.2 Å². The van der Waals surface area contributed by atoms with Crippen LogP contribution in [0.1, 0.15) is 22.5 Å². The fourth-order valence-corrected chi connectivity index (χ4v) is 3.10. The molecule has 4 rings (SSSR count). The van der Waals surface area contributed by atoms with E-state index in [2.05, 4.69) is 25.8 Å². The first-order valence-corrected chi connectivity index (χ1v) is 8.41. The Hall–Kier alpha value is -2.57. The molecule has 0 saturated carbocycles. The van der Waals surface area contributed by atoms with Gasteiger partial charge in [-0.2, -0.15) is 5.10 Å². The molecule has 1 aliphatic heterocycles. The highest BCUT2D eigenvalue weighted by molar-refractivity contribution is 6.32. The van der Waals surface area contributed by atoms with Crippen molar-refractivity contribution < 1.29 is 4.79 Å². The topological polar surface area (TPSA) is 82.2 Å². The minimum Gasteiger partial charge on any atom is -0.350 e. The van der Waals surface area contributed by atoms with Crippen molar-refractivity contribution in [1.82, 2.24) is 15.3 Å². The van der Waals surface area contributed by atoms with Crippen LogP contribution in [-0.2, 0) is 0 Å². The number of aromatic nitrogens is 2. The van der Waals surface area contributed by atoms with Crippen molar-refractivity contribution >= 4 is 51.5 Å². The van der Waals surface area contributed by atoms with E-state index < -0.39 is 0 Å². The highest BCUT2D eigenvalue weighted by Crippen LogP contribution is 2.28. The van der Waals surface area contributed by atoms with Crippen LogP contribution in [0.25, 0.3) is 10.9 Å². The summed E-state index contributed by atoms with van der Waals surface area (Å²) in [4.78, 5) is 19.7. The maximum atomic E-state index is 12.3. The maximum absolute atomic E-state index is 12.3.